The van der Waals surface area contributed by atoms with E-state index in [-0.39, 0.29) is 0 Å². The molecule has 3 heterocycles. The molecule has 2 aromatic heterocycles. The minimum absolute atomic E-state index is 0.809. The molecule has 3 rings (SSSR count). The number of aromatic nitrogens is 4. The molecule has 0 atom stereocenters. The summed E-state index contributed by atoms with van der Waals surface area (Å²) < 4.78 is 1.72. The van der Waals surface area contributed by atoms with E-state index in [9.17, 15) is 0 Å². The van der Waals surface area contributed by atoms with Crippen LogP contribution in [0, 0.1) is 0 Å². The molecule has 24 heavy (non-hydrogen) atoms. The lowest BCUT2D eigenvalue weighted by molar-refractivity contribution is 0.313. The molecule has 1 aliphatic rings. The standard InChI is InChI=1S/C18H24N6/c1-5-14(2)15(3)24-13-18(20-21-24)16-10-17(12-19-11-16)23-8-6-22(4)7-9-23/h5,10-13H,3,6-9H2,1-2,4H3. The zero-order valence-corrected chi connectivity index (χ0v) is 14.6. The van der Waals surface area contributed by atoms with Crippen molar-refractivity contribution in [3.8, 4) is 11.3 Å². The molecule has 6 heteroatoms. The number of anilines is 1. The largest absolute Gasteiger partial charge is 0.368 e. The number of pyridine rings is 1. The Bertz CT molecular complexity index is 752. The Morgan fingerprint density at radius 1 is 1.21 bits per heavy atom. The summed E-state index contributed by atoms with van der Waals surface area (Å²) in [6.07, 6.45) is 7.67. The van der Waals surface area contributed by atoms with Crippen molar-refractivity contribution in [3.05, 3.63) is 42.9 Å². The van der Waals surface area contributed by atoms with E-state index in [0.29, 0.717) is 0 Å². The minimum Gasteiger partial charge on any atom is -0.368 e. The van der Waals surface area contributed by atoms with Crippen LogP contribution in [0.3, 0.4) is 0 Å². The third-order valence-electron chi connectivity index (χ3n) is 4.55. The zero-order valence-electron chi connectivity index (χ0n) is 14.6. The van der Waals surface area contributed by atoms with Gasteiger partial charge < -0.3 is 9.80 Å². The van der Waals surface area contributed by atoms with Crippen molar-refractivity contribution in [2.75, 3.05) is 38.1 Å². The fourth-order valence-electron chi connectivity index (χ4n) is 2.68. The van der Waals surface area contributed by atoms with Gasteiger partial charge in [0.2, 0.25) is 0 Å². The van der Waals surface area contributed by atoms with Crippen molar-refractivity contribution < 1.29 is 0 Å². The van der Waals surface area contributed by atoms with Gasteiger partial charge in [-0.25, -0.2) is 4.68 Å². The first-order valence-corrected chi connectivity index (χ1v) is 8.22. The number of piperazine rings is 1. The Labute approximate surface area is 143 Å². The SMILES string of the molecule is C=C(C(C)=CC)n1cc(-c2cncc(N3CCN(C)CC3)c2)nn1. The van der Waals surface area contributed by atoms with Crippen LogP contribution >= 0.6 is 0 Å². The smallest absolute Gasteiger partial charge is 0.115 e. The maximum atomic E-state index is 4.39. The van der Waals surface area contributed by atoms with E-state index >= 15 is 0 Å². The maximum Gasteiger partial charge on any atom is 0.115 e. The van der Waals surface area contributed by atoms with Gasteiger partial charge >= 0.3 is 0 Å². The van der Waals surface area contributed by atoms with Crippen molar-refractivity contribution >= 4 is 11.4 Å². The first-order valence-electron chi connectivity index (χ1n) is 8.22. The van der Waals surface area contributed by atoms with Crippen molar-refractivity contribution in [2.24, 2.45) is 0 Å². The zero-order chi connectivity index (χ0) is 17.1. The molecule has 0 N–H and O–H groups in total. The van der Waals surface area contributed by atoms with Crippen molar-refractivity contribution in [3.63, 3.8) is 0 Å². The van der Waals surface area contributed by atoms with Crippen molar-refractivity contribution in [1.82, 2.24) is 24.9 Å². The van der Waals surface area contributed by atoms with Gasteiger partial charge in [0.05, 0.1) is 23.8 Å². The number of allylic oxidation sites excluding steroid dienone is 3. The molecule has 0 spiro atoms. The Balaban J connectivity index is 1.82. The Kier molecular flexibility index (Phi) is 4.76. The molecule has 1 fully saturated rings. The van der Waals surface area contributed by atoms with Gasteiger partial charge in [-0.3, -0.25) is 4.98 Å². The molecular weight excluding hydrogens is 300 g/mol. The van der Waals surface area contributed by atoms with E-state index in [2.05, 4.69) is 44.8 Å². The van der Waals surface area contributed by atoms with Gasteiger partial charge in [-0.15, -0.1) is 5.10 Å². The highest BCUT2D eigenvalue weighted by Gasteiger charge is 2.16. The van der Waals surface area contributed by atoms with Crippen LogP contribution in [-0.4, -0.2) is 58.1 Å². The molecule has 0 aromatic carbocycles. The predicted octanol–water partition coefficient (Wildman–Crippen LogP) is 2.53. The highest BCUT2D eigenvalue weighted by atomic mass is 15.4. The second-order valence-electron chi connectivity index (χ2n) is 6.19. The van der Waals surface area contributed by atoms with Gasteiger partial charge in [0.15, 0.2) is 0 Å². The van der Waals surface area contributed by atoms with E-state index in [0.717, 1.165) is 54.4 Å². The van der Waals surface area contributed by atoms with E-state index in [4.69, 9.17) is 0 Å². The molecule has 1 aliphatic heterocycles. The summed E-state index contributed by atoms with van der Waals surface area (Å²) in [7, 11) is 2.16. The molecular formula is C18H24N6. The van der Waals surface area contributed by atoms with Crippen LogP contribution in [0.15, 0.2) is 42.9 Å². The van der Waals surface area contributed by atoms with Gasteiger partial charge in [0.25, 0.3) is 0 Å². The van der Waals surface area contributed by atoms with Gasteiger partial charge in [0.1, 0.15) is 5.69 Å². The minimum atomic E-state index is 0.809. The number of hydrogen-bond donors (Lipinski definition) is 0. The average Bonchev–Trinajstić information content (AvgIpc) is 3.11. The molecule has 0 unspecified atom stereocenters. The molecule has 2 aromatic rings. The van der Waals surface area contributed by atoms with Crippen LogP contribution in [0.4, 0.5) is 5.69 Å². The molecule has 126 valence electrons. The van der Waals surface area contributed by atoms with E-state index in [1.165, 1.54) is 0 Å². The number of hydrogen-bond acceptors (Lipinski definition) is 5. The normalized spacial score (nSPS) is 16.5. The van der Waals surface area contributed by atoms with Gasteiger partial charge in [-0.1, -0.05) is 17.9 Å². The molecule has 1 saturated heterocycles. The highest BCUT2D eigenvalue weighted by Crippen LogP contribution is 2.23. The summed E-state index contributed by atoms with van der Waals surface area (Å²) in [5, 5.41) is 8.47. The Morgan fingerprint density at radius 2 is 1.96 bits per heavy atom. The van der Waals surface area contributed by atoms with Crippen LogP contribution < -0.4 is 4.90 Å². The third-order valence-corrected chi connectivity index (χ3v) is 4.55. The number of likely N-dealkylation sites (N-methyl/N-ethyl adjacent to an activating group) is 1. The monoisotopic (exact) mass is 324 g/mol. The molecule has 0 saturated carbocycles. The van der Waals surface area contributed by atoms with Gasteiger partial charge in [-0.2, -0.15) is 0 Å². The van der Waals surface area contributed by atoms with Gasteiger partial charge in [-0.05, 0) is 32.5 Å². The van der Waals surface area contributed by atoms with E-state index in [1.54, 1.807) is 4.68 Å². The molecule has 0 amide bonds. The lowest BCUT2D eigenvalue weighted by atomic mass is 10.2. The molecule has 6 nitrogen and oxygen atoms in total. The van der Waals surface area contributed by atoms with Crippen molar-refractivity contribution in [2.45, 2.75) is 13.8 Å². The van der Waals surface area contributed by atoms with Gasteiger partial charge in [0, 0.05) is 37.9 Å². The lowest BCUT2D eigenvalue weighted by Gasteiger charge is -2.33. The van der Waals surface area contributed by atoms with Crippen LogP contribution in [0.25, 0.3) is 17.0 Å². The van der Waals surface area contributed by atoms with E-state index in [1.807, 2.05) is 38.5 Å². The quantitative estimate of drug-likeness (QED) is 0.809. The summed E-state index contributed by atoms with van der Waals surface area (Å²) in [6, 6.07) is 2.14. The predicted molar refractivity (Wildman–Crippen MR) is 97.7 cm³/mol. The first-order chi connectivity index (χ1) is 11.6. The van der Waals surface area contributed by atoms with Crippen molar-refractivity contribution in [1.29, 1.82) is 0 Å². The first kappa shape index (κ1) is 16.4. The number of nitrogens with zero attached hydrogens (tertiary/aromatic N) is 6. The second kappa shape index (κ2) is 6.97. The fourth-order valence-corrected chi connectivity index (χ4v) is 2.68. The van der Waals surface area contributed by atoms with E-state index < -0.39 is 0 Å². The van der Waals surface area contributed by atoms with Crippen LogP contribution in [0.2, 0.25) is 0 Å². The fraction of sp³-hybridized carbons (Fsp3) is 0.389. The summed E-state index contributed by atoms with van der Waals surface area (Å²) in [6.45, 7) is 12.2. The molecule has 0 bridgehead atoms. The summed E-state index contributed by atoms with van der Waals surface area (Å²) >= 11 is 0. The summed E-state index contributed by atoms with van der Waals surface area (Å²) in [5.41, 5.74) is 4.83. The van der Waals surface area contributed by atoms with Crippen LogP contribution in [0.1, 0.15) is 13.8 Å². The Morgan fingerprint density at radius 3 is 2.67 bits per heavy atom. The molecule has 0 radical (unpaired) electrons. The average molecular weight is 324 g/mol. The topological polar surface area (TPSA) is 50.1 Å². The second-order valence-corrected chi connectivity index (χ2v) is 6.19. The number of rotatable bonds is 4. The summed E-state index contributed by atoms with van der Waals surface area (Å²) in [5.74, 6) is 0. The van der Waals surface area contributed by atoms with Crippen LogP contribution in [0.5, 0.6) is 0 Å². The third kappa shape index (κ3) is 3.38. The maximum absolute atomic E-state index is 4.39. The lowest BCUT2D eigenvalue weighted by Crippen LogP contribution is -2.44. The highest BCUT2D eigenvalue weighted by molar-refractivity contribution is 5.66. The summed E-state index contributed by atoms with van der Waals surface area (Å²) in [4.78, 5) is 9.10. The van der Waals surface area contributed by atoms with Crippen LogP contribution in [-0.2, 0) is 0 Å². The molecule has 0 aliphatic carbocycles. The Hall–Kier alpha value is -2.47.